The second kappa shape index (κ2) is 7.44. The molecule has 2 N–H and O–H groups in total. The molecule has 8 heteroatoms. The van der Waals surface area contributed by atoms with E-state index in [4.69, 9.17) is 4.74 Å². The quantitative estimate of drug-likeness (QED) is 0.680. The second-order valence-electron chi connectivity index (χ2n) is 7.91. The van der Waals surface area contributed by atoms with Gasteiger partial charge < -0.3 is 20.1 Å². The highest BCUT2D eigenvalue weighted by molar-refractivity contribution is 5.91. The lowest BCUT2D eigenvalue weighted by Gasteiger charge is -2.22. The fraction of sp³-hybridized carbons (Fsp3) is 0.429. The average molecular weight is 394 g/mol. The molecule has 0 spiro atoms. The summed E-state index contributed by atoms with van der Waals surface area (Å²) < 4.78 is 5.36. The van der Waals surface area contributed by atoms with Gasteiger partial charge in [-0.05, 0) is 51.1 Å². The molecule has 0 bridgehead atoms. The summed E-state index contributed by atoms with van der Waals surface area (Å²) in [5.74, 6) is 2.49. The van der Waals surface area contributed by atoms with E-state index in [9.17, 15) is 5.11 Å². The summed E-state index contributed by atoms with van der Waals surface area (Å²) in [6.45, 7) is 6.64. The zero-order valence-corrected chi connectivity index (χ0v) is 17.2. The first-order valence-corrected chi connectivity index (χ1v) is 9.79. The number of methoxy groups -OCH3 is 1. The van der Waals surface area contributed by atoms with Gasteiger partial charge in [0.15, 0.2) is 0 Å². The van der Waals surface area contributed by atoms with Crippen molar-refractivity contribution in [3.8, 4) is 5.88 Å². The summed E-state index contributed by atoms with van der Waals surface area (Å²) in [6, 6.07) is 4.14. The predicted octanol–water partition coefficient (Wildman–Crippen LogP) is 3.39. The van der Waals surface area contributed by atoms with E-state index in [0.717, 1.165) is 36.1 Å². The van der Waals surface area contributed by atoms with Crippen molar-refractivity contribution in [3.05, 3.63) is 36.3 Å². The van der Waals surface area contributed by atoms with Gasteiger partial charge in [0, 0.05) is 36.7 Å². The number of aliphatic hydroxyl groups is 1. The molecule has 1 saturated heterocycles. The standard InChI is InChI=1S/C21H26N6O2/c1-13-6-5-9-27(13)20-22-8-7-17(26-20)25-18-10-14-15(11-23-18)19(29-4)24-12-16(14)21(2,3)28/h7-8,10-13,28H,5-6,9H2,1-4H3,(H,22,23,25,26)/t13-/m0/s1. The summed E-state index contributed by atoms with van der Waals surface area (Å²) >= 11 is 0. The first-order valence-electron chi connectivity index (χ1n) is 9.79. The predicted molar refractivity (Wildman–Crippen MR) is 113 cm³/mol. The highest BCUT2D eigenvalue weighted by Gasteiger charge is 2.24. The van der Waals surface area contributed by atoms with Crippen LogP contribution < -0.4 is 15.0 Å². The van der Waals surface area contributed by atoms with E-state index in [2.05, 4.69) is 37.1 Å². The molecule has 4 rings (SSSR count). The zero-order chi connectivity index (χ0) is 20.6. The fourth-order valence-electron chi connectivity index (χ4n) is 3.75. The Bertz CT molecular complexity index is 1030. The minimum atomic E-state index is -1.05. The number of nitrogens with one attached hydrogen (secondary N) is 1. The minimum Gasteiger partial charge on any atom is -0.481 e. The summed E-state index contributed by atoms with van der Waals surface area (Å²) in [4.78, 5) is 20.1. The fourth-order valence-corrected chi connectivity index (χ4v) is 3.75. The van der Waals surface area contributed by atoms with E-state index >= 15 is 0 Å². The summed E-state index contributed by atoms with van der Waals surface area (Å²) in [7, 11) is 1.57. The van der Waals surface area contributed by atoms with Crippen LogP contribution in [0.3, 0.4) is 0 Å². The third kappa shape index (κ3) is 3.80. The van der Waals surface area contributed by atoms with Crippen LogP contribution in [0.25, 0.3) is 10.8 Å². The van der Waals surface area contributed by atoms with Gasteiger partial charge in [0.05, 0.1) is 18.1 Å². The van der Waals surface area contributed by atoms with Gasteiger partial charge in [-0.25, -0.2) is 15.0 Å². The molecule has 0 saturated carbocycles. The highest BCUT2D eigenvalue weighted by atomic mass is 16.5. The van der Waals surface area contributed by atoms with Crippen LogP contribution in [0.5, 0.6) is 5.88 Å². The minimum absolute atomic E-state index is 0.443. The van der Waals surface area contributed by atoms with Crippen LogP contribution in [0.2, 0.25) is 0 Å². The van der Waals surface area contributed by atoms with Crippen LogP contribution in [-0.2, 0) is 5.60 Å². The number of nitrogens with zero attached hydrogens (tertiary/aromatic N) is 5. The zero-order valence-electron chi connectivity index (χ0n) is 17.2. The normalized spacial score (nSPS) is 17.0. The molecule has 1 fully saturated rings. The Hall–Kier alpha value is -3.00. The van der Waals surface area contributed by atoms with Crippen LogP contribution in [0.1, 0.15) is 39.2 Å². The van der Waals surface area contributed by atoms with Gasteiger partial charge in [0.1, 0.15) is 11.6 Å². The lowest BCUT2D eigenvalue weighted by Crippen LogP contribution is -2.28. The van der Waals surface area contributed by atoms with Gasteiger partial charge in [-0.1, -0.05) is 0 Å². The molecule has 3 aromatic heterocycles. The maximum atomic E-state index is 10.6. The van der Waals surface area contributed by atoms with E-state index in [1.54, 1.807) is 39.5 Å². The molecule has 3 aromatic rings. The van der Waals surface area contributed by atoms with Crippen LogP contribution in [-0.4, -0.2) is 44.7 Å². The molecule has 8 nitrogen and oxygen atoms in total. The molecule has 152 valence electrons. The molecular weight excluding hydrogens is 368 g/mol. The molecule has 29 heavy (non-hydrogen) atoms. The van der Waals surface area contributed by atoms with Crippen molar-refractivity contribution in [2.24, 2.45) is 0 Å². The molecule has 1 aliphatic heterocycles. The largest absolute Gasteiger partial charge is 0.481 e. The van der Waals surface area contributed by atoms with Crippen molar-refractivity contribution < 1.29 is 9.84 Å². The number of fused-ring (bicyclic) bond motifs is 1. The topological polar surface area (TPSA) is 96.3 Å². The molecule has 0 aromatic carbocycles. The number of rotatable bonds is 5. The van der Waals surface area contributed by atoms with E-state index in [-0.39, 0.29) is 0 Å². The molecule has 1 atom stereocenters. The third-order valence-electron chi connectivity index (χ3n) is 5.30. The maximum absolute atomic E-state index is 10.6. The smallest absolute Gasteiger partial charge is 0.227 e. The van der Waals surface area contributed by atoms with Gasteiger partial charge in [0.2, 0.25) is 11.8 Å². The third-order valence-corrected chi connectivity index (χ3v) is 5.30. The summed E-state index contributed by atoms with van der Waals surface area (Å²) in [5, 5.41) is 15.4. The van der Waals surface area contributed by atoms with Crippen molar-refractivity contribution in [1.29, 1.82) is 0 Å². The Morgan fingerprint density at radius 2 is 2.00 bits per heavy atom. The number of aromatic nitrogens is 4. The monoisotopic (exact) mass is 394 g/mol. The van der Waals surface area contributed by atoms with Crippen molar-refractivity contribution in [2.45, 2.75) is 45.3 Å². The van der Waals surface area contributed by atoms with Crippen molar-refractivity contribution in [2.75, 3.05) is 23.9 Å². The molecule has 0 aliphatic carbocycles. The van der Waals surface area contributed by atoms with E-state index in [1.807, 2.05) is 12.1 Å². The summed E-state index contributed by atoms with van der Waals surface area (Å²) in [6.07, 6.45) is 7.41. The van der Waals surface area contributed by atoms with Crippen molar-refractivity contribution in [1.82, 2.24) is 19.9 Å². The van der Waals surface area contributed by atoms with Crippen LogP contribution >= 0.6 is 0 Å². The van der Waals surface area contributed by atoms with Crippen LogP contribution in [0, 0.1) is 0 Å². The van der Waals surface area contributed by atoms with Gasteiger partial charge in [-0.15, -0.1) is 0 Å². The summed E-state index contributed by atoms with van der Waals surface area (Å²) in [5.41, 5.74) is -0.350. The molecule has 1 aliphatic rings. The number of ether oxygens (including phenoxy) is 1. The van der Waals surface area contributed by atoms with Crippen molar-refractivity contribution in [3.63, 3.8) is 0 Å². The SMILES string of the molecule is COc1ncc(C(C)(C)O)c2cc(Nc3ccnc(N4CCC[C@@H]4C)n3)ncc12. The Labute approximate surface area is 170 Å². The molecule has 0 unspecified atom stereocenters. The van der Waals surface area contributed by atoms with E-state index < -0.39 is 5.60 Å². The maximum Gasteiger partial charge on any atom is 0.227 e. The molecule has 0 amide bonds. The second-order valence-corrected chi connectivity index (χ2v) is 7.91. The Kier molecular flexibility index (Phi) is 4.96. The van der Waals surface area contributed by atoms with Crippen LogP contribution in [0.4, 0.5) is 17.6 Å². The first kappa shape index (κ1) is 19.3. The number of hydrogen-bond acceptors (Lipinski definition) is 8. The lowest BCUT2D eigenvalue weighted by atomic mass is 9.95. The molecule has 0 radical (unpaired) electrons. The Balaban J connectivity index is 1.70. The van der Waals surface area contributed by atoms with E-state index in [0.29, 0.717) is 29.1 Å². The highest BCUT2D eigenvalue weighted by Crippen LogP contribution is 2.33. The van der Waals surface area contributed by atoms with Crippen LogP contribution in [0.15, 0.2) is 30.7 Å². The number of anilines is 3. The van der Waals surface area contributed by atoms with Gasteiger partial charge >= 0.3 is 0 Å². The number of pyridine rings is 2. The Morgan fingerprint density at radius 1 is 1.17 bits per heavy atom. The lowest BCUT2D eigenvalue weighted by molar-refractivity contribution is 0.0798. The average Bonchev–Trinajstić information content (AvgIpc) is 3.12. The molecular formula is C21H26N6O2. The van der Waals surface area contributed by atoms with Gasteiger partial charge in [-0.3, -0.25) is 0 Å². The van der Waals surface area contributed by atoms with Gasteiger partial charge in [-0.2, -0.15) is 4.98 Å². The number of hydrogen-bond donors (Lipinski definition) is 2. The van der Waals surface area contributed by atoms with E-state index in [1.165, 1.54) is 0 Å². The van der Waals surface area contributed by atoms with Crippen molar-refractivity contribution >= 4 is 28.4 Å². The molecule has 4 heterocycles. The first-order chi connectivity index (χ1) is 13.9. The Morgan fingerprint density at radius 3 is 2.69 bits per heavy atom. The van der Waals surface area contributed by atoms with Gasteiger partial charge in [0.25, 0.3) is 0 Å².